The highest BCUT2D eigenvalue weighted by Gasteiger charge is 2.19. The summed E-state index contributed by atoms with van der Waals surface area (Å²) in [6, 6.07) is 7.88. The van der Waals surface area contributed by atoms with Crippen LogP contribution in [0, 0.1) is 5.92 Å². The molecule has 1 unspecified atom stereocenters. The zero-order valence-electron chi connectivity index (χ0n) is 12.7. The van der Waals surface area contributed by atoms with E-state index < -0.39 is 0 Å². The van der Waals surface area contributed by atoms with Crippen molar-refractivity contribution in [1.82, 2.24) is 10.1 Å². The summed E-state index contributed by atoms with van der Waals surface area (Å²) < 4.78 is 16.3. The Bertz CT molecular complexity index is 668. The number of nitrogens with zero attached hydrogens (tertiary/aromatic N) is 2. The highest BCUT2D eigenvalue weighted by molar-refractivity contribution is 5.64. The van der Waals surface area contributed by atoms with Gasteiger partial charge in [0.15, 0.2) is 17.3 Å². The summed E-state index contributed by atoms with van der Waals surface area (Å²) in [5, 5.41) is 4.20. The average molecular weight is 300 g/mol. The SMILES string of the molecule is CC1CCCN(Cc2cc(-c3ccc4c(c3)OCO4)no2)C1. The van der Waals surface area contributed by atoms with E-state index in [9.17, 15) is 0 Å². The van der Waals surface area contributed by atoms with Gasteiger partial charge in [0.05, 0.1) is 6.54 Å². The van der Waals surface area contributed by atoms with Gasteiger partial charge in [0.1, 0.15) is 5.69 Å². The quantitative estimate of drug-likeness (QED) is 0.870. The molecule has 1 atom stereocenters. The molecule has 0 saturated carbocycles. The van der Waals surface area contributed by atoms with E-state index in [0.717, 1.165) is 54.1 Å². The second-order valence-corrected chi connectivity index (χ2v) is 6.23. The summed E-state index contributed by atoms with van der Waals surface area (Å²) in [4.78, 5) is 2.44. The Kier molecular flexibility index (Phi) is 3.50. The van der Waals surface area contributed by atoms with Gasteiger partial charge in [-0.15, -0.1) is 0 Å². The lowest BCUT2D eigenvalue weighted by molar-refractivity contribution is 0.160. The van der Waals surface area contributed by atoms with Gasteiger partial charge in [0.2, 0.25) is 6.79 Å². The van der Waals surface area contributed by atoms with Gasteiger partial charge in [0, 0.05) is 18.2 Å². The van der Waals surface area contributed by atoms with Gasteiger partial charge in [-0.2, -0.15) is 0 Å². The zero-order chi connectivity index (χ0) is 14.9. The van der Waals surface area contributed by atoms with Gasteiger partial charge in [-0.3, -0.25) is 4.90 Å². The third-order valence-electron chi connectivity index (χ3n) is 4.35. The second-order valence-electron chi connectivity index (χ2n) is 6.23. The number of rotatable bonds is 3. The van der Waals surface area contributed by atoms with E-state index in [-0.39, 0.29) is 6.79 Å². The third-order valence-corrected chi connectivity index (χ3v) is 4.35. The van der Waals surface area contributed by atoms with Gasteiger partial charge >= 0.3 is 0 Å². The fourth-order valence-electron chi connectivity index (χ4n) is 3.23. The lowest BCUT2D eigenvalue weighted by Gasteiger charge is -2.29. The molecule has 1 fully saturated rings. The molecule has 22 heavy (non-hydrogen) atoms. The number of benzene rings is 1. The van der Waals surface area contributed by atoms with Crippen LogP contribution in [0.4, 0.5) is 0 Å². The Hall–Kier alpha value is -2.01. The van der Waals surface area contributed by atoms with Crippen LogP contribution in [0.15, 0.2) is 28.8 Å². The molecular formula is C17H20N2O3. The molecule has 0 radical (unpaired) electrons. The summed E-state index contributed by atoms with van der Waals surface area (Å²) in [7, 11) is 0. The standard InChI is InChI=1S/C17H20N2O3/c1-12-3-2-6-19(9-12)10-14-8-15(18-22-14)13-4-5-16-17(7-13)21-11-20-16/h4-5,7-8,12H,2-3,6,9-11H2,1H3. The number of piperidine rings is 1. The van der Waals surface area contributed by atoms with Crippen molar-refractivity contribution in [2.24, 2.45) is 5.92 Å². The van der Waals surface area contributed by atoms with Crippen LogP contribution in [0.5, 0.6) is 11.5 Å². The lowest BCUT2D eigenvalue weighted by Crippen LogP contribution is -2.33. The fraction of sp³-hybridized carbons (Fsp3) is 0.471. The highest BCUT2D eigenvalue weighted by atomic mass is 16.7. The van der Waals surface area contributed by atoms with Crippen LogP contribution in [0.3, 0.4) is 0 Å². The number of aromatic nitrogens is 1. The monoisotopic (exact) mass is 300 g/mol. The minimum atomic E-state index is 0.288. The van der Waals surface area contributed by atoms with Gasteiger partial charge in [-0.1, -0.05) is 12.1 Å². The Morgan fingerprint density at radius 1 is 1.23 bits per heavy atom. The number of fused-ring (bicyclic) bond motifs is 1. The zero-order valence-corrected chi connectivity index (χ0v) is 12.7. The van der Waals surface area contributed by atoms with Crippen LogP contribution in [0.2, 0.25) is 0 Å². The molecule has 0 aliphatic carbocycles. The molecule has 1 saturated heterocycles. The van der Waals surface area contributed by atoms with Crippen LogP contribution in [0.25, 0.3) is 11.3 Å². The van der Waals surface area contributed by atoms with Crippen LogP contribution in [-0.2, 0) is 6.54 Å². The van der Waals surface area contributed by atoms with Crippen molar-refractivity contribution in [1.29, 1.82) is 0 Å². The van der Waals surface area contributed by atoms with E-state index in [4.69, 9.17) is 14.0 Å². The molecular weight excluding hydrogens is 280 g/mol. The topological polar surface area (TPSA) is 47.7 Å². The van der Waals surface area contributed by atoms with Crippen molar-refractivity contribution >= 4 is 0 Å². The Balaban J connectivity index is 1.49. The number of likely N-dealkylation sites (tertiary alicyclic amines) is 1. The first kappa shape index (κ1) is 13.6. The van der Waals surface area contributed by atoms with E-state index in [1.165, 1.54) is 12.8 Å². The molecule has 2 aromatic rings. The van der Waals surface area contributed by atoms with E-state index in [1.807, 2.05) is 24.3 Å². The Morgan fingerprint density at radius 3 is 3.05 bits per heavy atom. The van der Waals surface area contributed by atoms with E-state index in [2.05, 4.69) is 17.0 Å². The smallest absolute Gasteiger partial charge is 0.231 e. The number of hydrogen-bond donors (Lipinski definition) is 0. The molecule has 4 rings (SSSR count). The summed E-state index contributed by atoms with van der Waals surface area (Å²) in [6.45, 7) is 5.72. The predicted octanol–water partition coefficient (Wildman–Crippen LogP) is 3.30. The third kappa shape index (κ3) is 2.68. The molecule has 0 amide bonds. The number of hydrogen-bond acceptors (Lipinski definition) is 5. The molecule has 2 aliphatic heterocycles. The van der Waals surface area contributed by atoms with Crippen LogP contribution in [-0.4, -0.2) is 29.9 Å². The first-order chi connectivity index (χ1) is 10.8. The Morgan fingerprint density at radius 2 is 2.14 bits per heavy atom. The molecule has 1 aromatic heterocycles. The van der Waals surface area contributed by atoms with Gasteiger partial charge < -0.3 is 14.0 Å². The minimum absolute atomic E-state index is 0.288. The van der Waals surface area contributed by atoms with Crippen LogP contribution >= 0.6 is 0 Å². The summed E-state index contributed by atoms with van der Waals surface area (Å²) >= 11 is 0. The van der Waals surface area contributed by atoms with Crippen molar-refractivity contribution in [3.63, 3.8) is 0 Å². The Labute approximate surface area is 129 Å². The largest absolute Gasteiger partial charge is 0.454 e. The lowest BCUT2D eigenvalue weighted by atomic mass is 10.0. The second kappa shape index (κ2) is 5.65. The normalized spacial score (nSPS) is 21.2. The molecule has 1 aromatic carbocycles. The maximum atomic E-state index is 5.51. The maximum absolute atomic E-state index is 5.51. The number of ether oxygens (including phenoxy) is 2. The summed E-state index contributed by atoms with van der Waals surface area (Å²) in [5.41, 5.74) is 1.84. The molecule has 5 heteroatoms. The molecule has 0 spiro atoms. The van der Waals surface area contributed by atoms with Crippen LogP contribution < -0.4 is 9.47 Å². The average Bonchev–Trinajstić information content (AvgIpc) is 3.15. The van der Waals surface area contributed by atoms with Crippen molar-refractivity contribution in [2.45, 2.75) is 26.3 Å². The fourth-order valence-corrected chi connectivity index (χ4v) is 3.23. The van der Waals surface area contributed by atoms with E-state index >= 15 is 0 Å². The maximum Gasteiger partial charge on any atom is 0.231 e. The van der Waals surface area contributed by atoms with Gasteiger partial charge in [-0.05, 0) is 43.5 Å². The minimum Gasteiger partial charge on any atom is -0.454 e. The van der Waals surface area contributed by atoms with Gasteiger partial charge in [0.25, 0.3) is 0 Å². The first-order valence-electron chi connectivity index (χ1n) is 7.86. The van der Waals surface area contributed by atoms with E-state index in [1.54, 1.807) is 0 Å². The molecule has 0 bridgehead atoms. The molecule has 5 nitrogen and oxygen atoms in total. The molecule has 3 heterocycles. The van der Waals surface area contributed by atoms with Gasteiger partial charge in [-0.25, -0.2) is 0 Å². The summed E-state index contributed by atoms with van der Waals surface area (Å²) in [6.07, 6.45) is 2.60. The predicted molar refractivity (Wildman–Crippen MR) is 81.7 cm³/mol. The van der Waals surface area contributed by atoms with Crippen molar-refractivity contribution < 1.29 is 14.0 Å². The van der Waals surface area contributed by atoms with Crippen LogP contribution in [0.1, 0.15) is 25.5 Å². The highest BCUT2D eigenvalue weighted by Crippen LogP contribution is 2.35. The molecule has 2 aliphatic rings. The molecule has 116 valence electrons. The van der Waals surface area contributed by atoms with Crippen molar-refractivity contribution in [3.05, 3.63) is 30.0 Å². The molecule has 0 N–H and O–H groups in total. The van der Waals surface area contributed by atoms with E-state index in [0.29, 0.717) is 0 Å². The van der Waals surface area contributed by atoms with Crippen molar-refractivity contribution in [3.8, 4) is 22.8 Å². The summed E-state index contributed by atoms with van der Waals surface area (Å²) in [5.74, 6) is 3.24. The first-order valence-corrected chi connectivity index (χ1v) is 7.86. The van der Waals surface area contributed by atoms with Crippen molar-refractivity contribution in [2.75, 3.05) is 19.9 Å².